The number of carbonyl (C=O) groups excluding carboxylic acids is 1. The molecule has 5 heteroatoms. The summed E-state index contributed by atoms with van der Waals surface area (Å²) in [6.45, 7) is 0. The highest BCUT2D eigenvalue weighted by molar-refractivity contribution is 5.84. The van der Waals surface area contributed by atoms with E-state index in [4.69, 9.17) is 4.74 Å². The van der Waals surface area contributed by atoms with Crippen molar-refractivity contribution in [3.05, 3.63) is 53.9 Å². The largest absolute Gasteiger partial charge is 0.480 e. The zero-order valence-corrected chi connectivity index (χ0v) is 10.2. The number of fused-ring (bicyclic) bond motifs is 1. The van der Waals surface area contributed by atoms with E-state index in [1.165, 1.54) is 0 Å². The van der Waals surface area contributed by atoms with Crippen molar-refractivity contribution in [1.29, 1.82) is 0 Å². The van der Waals surface area contributed by atoms with Gasteiger partial charge in [0.15, 0.2) is 6.10 Å². The third-order valence-electron chi connectivity index (χ3n) is 2.94. The van der Waals surface area contributed by atoms with Crippen LogP contribution in [-0.4, -0.2) is 23.2 Å². The summed E-state index contributed by atoms with van der Waals surface area (Å²) in [5.74, 6) is 0.537. The van der Waals surface area contributed by atoms with Crippen molar-refractivity contribution < 1.29 is 9.53 Å². The van der Waals surface area contributed by atoms with E-state index in [2.05, 4.69) is 15.5 Å². The Kier molecular flexibility index (Phi) is 3.02. The topological polar surface area (TPSA) is 66.5 Å². The molecule has 2 aromatic rings. The molecule has 1 aliphatic rings. The highest BCUT2D eigenvalue weighted by Crippen LogP contribution is 2.27. The van der Waals surface area contributed by atoms with Crippen molar-refractivity contribution in [2.75, 3.05) is 0 Å². The van der Waals surface area contributed by atoms with Crippen LogP contribution in [0, 0.1) is 0 Å². The van der Waals surface area contributed by atoms with Gasteiger partial charge in [0.05, 0.1) is 11.9 Å². The maximum absolute atomic E-state index is 11.9. The lowest BCUT2D eigenvalue weighted by molar-refractivity contribution is -0.127. The monoisotopic (exact) mass is 255 g/mol. The molecule has 96 valence electrons. The van der Waals surface area contributed by atoms with Gasteiger partial charge in [0.2, 0.25) is 0 Å². The molecule has 1 aromatic heterocycles. The molecule has 5 nitrogen and oxygen atoms in total. The lowest BCUT2D eigenvalue weighted by Gasteiger charge is -2.07. The molecule has 0 spiro atoms. The average molecular weight is 255 g/mol. The van der Waals surface area contributed by atoms with Crippen molar-refractivity contribution in [3.63, 3.8) is 0 Å². The summed E-state index contributed by atoms with van der Waals surface area (Å²) in [7, 11) is 0. The predicted molar refractivity (Wildman–Crippen MR) is 71.1 cm³/mol. The van der Waals surface area contributed by atoms with E-state index >= 15 is 0 Å². The Morgan fingerprint density at radius 2 is 2.26 bits per heavy atom. The number of hydrogen-bond acceptors (Lipinski definition) is 3. The van der Waals surface area contributed by atoms with E-state index in [9.17, 15) is 4.79 Å². The lowest BCUT2D eigenvalue weighted by atomic mass is 10.1. The number of aromatic nitrogens is 1. The minimum absolute atomic E-state index is 0.237. The second-order valence-electron chi connectivity index (χ2n) is 4.28. The Morgan fingerprint density at radius 1 is 1.37 bits per heavy atom. The van der Waals surface area contributed by atoms with Gasteiger partial charge in [0.1, 0.15) is 5.75 Å². The van der Waals surface area contributed by atoms with Crippen LogP contribution < -0.4 is 10.2 Å². The Balaban J connectivity index is 1.58. The maximum Gasteiger partial charge on any atom is 0.281 e. The minimum atomic E-state index is -0.502. The minimum Gasteiger partial charge on any atom is -0.480 e. The number of benzene rings is 1. The molecule has 0 saturated heterocycles. The Bertz CT molecular complexity index is 580. The van der Waals surface area contributed by atoms with E-state index in [0.29, 0.717) is 6.42 Å². The van der Waals surface area contributed by atoms with Crippen LogP contribution >= 0.6 is 0 Å². The molecule has 1 unspecified atom stereocenters. The number of H-pyrrole nitrogens is 1. The van der Waals surface area contributed by atoms with Crippen molar-refractivity contribution in [1.82, 2.24) is 10.4 Å². The standard InChI is InChI=1S/C14H13N3O2/c18-14(17-16-9-11-5-3-7-15-11)13-8-10-4-1-2-6-12(10)19-13/h1-7,9,13,15H,8H2,(H,17,18). The van der Waals surface area contributed by atoms with Crippen LogP contribution in [-0.2, 0) is 11.2 Å². The first-order chi connectivity index (χ1) is 9.33. The van der Waals surface area contributed by atoms with Crippen LogP contribution in [0.4, 0.5) is 0 Å². The highest BCUT2D eigenvalue weighted by Gasteiger charge is 2.28. The second kappa shape index (κ2) is 4.97. The molecule has 3 rings (SSSR count). The first-order valence-corrected chi connectivity index (χ1v) is 6.04. The molecule has 2 heterocycles. The fraction of sp³-hybridized carbons (Fsp3) is 0.143. The third-order valence-corrected chi connectivity index (χ3v) is 2.94. The van der Waals surface area contributed by atoms with Crippen molar-refractivity contribution in [2.45, 2.75) is 12.5 Å². The highest BCUT2D eigenvalue weighted by atomic mass is 16.5. The Labute approximate surface area is 110 Å². The number of nitrogens with zero attached hydrogens (tertiary/aromatic N) is 1. The molecule has 1 aliphatic heterocycles. The zero-order chi connectivity index (χ0) is 13.1. The van der Waals surface area contributed by atoms with Gasteiger partial charge in [0, 0.05) is 12.6 Å². The maximum atomic E-state index is 11.9. The summed E-state index contributed by atoms with van der Waals surface area (Å²) < 4.78 is 5.56. The molecule has 1 amide bonds. The van der Waals surface area contributed by atoms with Crippen LogP contribution in [0.1, 0.15) is 11.3 Å². The first kappa shape index (κ1) is 11.5. The molecule has 0 fully saturated rings. The number of hydrogen-bond donors (Lipinski definition) is 2. The molecule has 2 N–H and O–H groups in total. The molecular formula is C14H13N3O2. The van der Waals surface area contributed by atoms with Crippen LogP contribution in [0.5, 0.6) is 5.75 Å². The van der Waals surface area contributed by atoms with Crippen LogP contribution in [0.25, 0.3) is 0 Å². The Morgan fingerprint density at radius 3 is 3.05 bits per heavy atom. The van der Waals surface area contributed by atoms with Gasteiger partial charge in [-0.05, 0) is 23.8 Å². The summed E-state index contributed by atoms with van der Waals surface area (Å²) in [5, 5.41) is 3.89. The van der Waals surface area contributed by atoms with E-state index < -0.39 is 6.10 Å². The molecular weight excluding hydrogens is 242 g/mol. The number of carbonyl (C=O) groups is 1. The van der Waals surface area contributed by atoms with Gasteiger partial charge in [-0.3, -0.25) is 4.79 Å². The fourth-order valence-electron chi connectivity index (χ4n) is 1.99. The van der Waals surface area contributed by atoms with Crippen LogP contribution in [0.15, 0.2) is 47.7 Å². The van der Waals surface area contributed by atoms with E-state index in [1.54, 1.807) is 12.4 Å². The lowest BCUT2D eigenvalue weighted by Crippen LogP contribution is -2.34. The summed E-state index contributed by atoms with van der Waals surface area (Å²) >= 11 is 0. The van der Waals surface area contributed by atoms with Gasteiger partial charge in [0.25, 0.3) is 5.91 Å². The van der Waals surface area contributed by atoms with Gasteiger partial charge >= 0.3 is 0 Å². The number of ether oxygens (including phenoxy) is 1. The number of aromatic amines is 1. The summed E-state index contributed by atoms with van der Waals surface area (Å²) in [6, 6.07) is 11.4. The summed E-state index contributed by atoms with van der Waals surface area (Å²) in [5.41, 5.74) is 4.36. The predicted octanol–water partition coefficient (Wildman–Crippen LogP) is 1.47. The number of hydrazone groups is 1. The van der Waals surface area contributed by atoms with Gasteiger partial charge in [-0.2, -0.15) is 5.10 Å². The van der Waals surface area contributed by atoms with Crippen LogP contribution in [0.3, 0.4) is 0 Å². The number of rotatable bonds is 3. The van der Waals surface area contributed by atoms with E-state index in [-0.39, 0.29) is 5.91 Å². The van der Waals surface area contributed by atoms with Crippen molar-refractivity contribution >= 4 is 12.1 Å². The molecule has 1 aromatic carbocycles. The zero-order valence-electron chi connectivity index (χ0n) is 10.2. The molecule has 0 radical (unpaired) electrons. The smallest absolute Gasteiger partial charge is 0.281 e. The fourth-order valence-corrected chi connectivity index (χ4v) is 1.99. The van der Waals surface area contributed by atoms with Gasteiger partial charge in [-0.25, -0.2) is 5.43 Å². The average Bonchev–Trinajstić information content (AvgIpc) is 3.07. The Hall–Kier alpha value is -2.56. The van der Waals surface area contributed by atoms with Crippen LogP contribution in [0.2, 0.25) is 0 Å². The first-order valence-electron chi connectivity index (χ1n) is 6.04. The molecule has 1 atom stereocenters. The quantitative estimate of drug-likeness (QED) is 0.644. The molecule has 0 saturated carbocycles. The van der Waals surface area contributed by atoms with Gasteiger partial charge < -0.3 is 9.72 Å². The molecule has 19 heavy (non-hydrogen) atoms. The van der Waals surface area contributed by atoms with Crippen molar-refractivity contribution in [2.24, 2.45) is 5.10 Å². The van der Waals surface area contributed by atoms with E-state index in [1.807, 2.05) is 36.4 Å². The number of para-hydroxylation sites is 1. The number of nitrogens with one attached hydrogen (secondary N) is 2. The SMILES string of the molecule is O=C(NN=Cc1ccc[nH]1)C1Cc2ccccc2O1. The van der Waals surface area contributed by atoms with Crippen molar-refractivity contribution in [3.8, 4) is 5.75 Å². The second-order valence-corrected chi connectivity index (χ2v) is 4.28. The van der Waals surface area contributed by atoms with E-state index in [0.717, 1.165) is 17.0 Å². The number of amides is 1. The molecule has 0 bridgehead atoms. The van der Waals surface area contributed by atoms with Gasteiger partial charge in [-0.1, -0.05) is 18.2 Å². The third kappa shape index (κ3) is 2.49. The summed E-state index contributed by atoms with van der Waals surface area (Å²) in [6.07, 6.45) is 3.43. The molecule has 0 aliphatic carbocycles. The van der Waals surface area contributed by atoms with Gasteiger partial charge in [-0.15, -0.1) is 0 Å². The normalized spacial score (nSPS) is 17.2. The summed E-state index contributed by atoms with van der Waals surface area (Å²) in [4.78, 5) is 14.8.